The number of β-amino-alcohol motifs (C(OH)–C–C–N with tert-alkyl or cyclic N) is 1. The van der Waals surface area contributed by atoms with Gasteiger partial charge in [0, 0.05) is 24.2 Å². The van der Waals surface area contributed by atoms with Crippen molar-refractivity contribution in [1.82, 2.24) is 0 Å². The van der Waals surface area contributed by atoms with Crippen LogP contribution in [0.3, 0.4) is 0 Å². The molecular weight excluding hydrogens is 557 g/mol. The van der Waals surface area contributed by atoms with Crippen LogP contribution in [0, 0.1) is 0 Å². The highest BCUT2D eigenvalue weighted by Gasteiger charge is 2.46. The second-order valence-electron chi connectivity index (χ2n) is 9.49. The zero-order chi connectivity index (χ0) is 29.5. The summed E-state index contributed by atoms with van der Waals surface area (Å²) in [7, 11) is 0. The number of alkyl halides is 9. The molecule has 1 N–H and O–H groups in total. The number of anilines is 1. The minimum atomic E-state index is -5.03. The molecule has 40 heavy (non-hydrogen) atoms. The average molecular weight is 579 g/mol. The van der Waals surface area contributed by atoms with Gasteiger partial charge in [-0.2, -0.15) is 13.2 Å². The van der Waals surface area contributed by atoms with Gasteiger partial charge in [-0.05, 0) is 66.4 Å². The number of rotatable bonds is 7. The Hall–Kier alpha value is -3.61. The minimum absolute atomic E-state index is 0.0839. The van der Waals surface area contributed by atoms with E-state index in [1.165, 1.54) is 42.2 Å². The van der Waals surface area contributed by atoms with Crippen LogP contribution >= 0.6 is 0 Å². The van der Waals surface area contributed by atoms with Crippen LogP contribution in [-0.4, -0.2) is 37.0 Å². The molecule has 1 unspecified atom stereocenters. The topological polar surface area (TPSA) is 41.9 Å². The van der Waals surface area contributed by atoms with Gasteiger partial charge in [0.05, 0.1) is 11.7 Å². The van der Waals surface area contributed by atoms with Gasteiger partial charge in [-0.1, -0.05) is 30.3 Å². The molecule has 0 saturated heterocycles. The lowest BCUT2D eigenvalue weighted by Crippen LogP contribution is -2.39. The molecule has 4 nitrogen and oxygen atoms in total. The van der Waals surface area contributed by atoms with E-state index in [1.54, 1.807) is 0 Å². The molecule has 0 aromatic heterocycles. The number of nitrogens with zero attached hydrogens (tertiary/aromatic N) is 1. The first-order valence-electron chi connectivity index (χ1n) is 11.8. The van der Waals surface area contributed by atoms with Crippen LogP contribution in [0.15, 0.2) is 66.7 Å². The van der Waals surface area contributed by atoms with Crippen LogP contribution in [0.2, 0.25) is 0 Å². The first-order chi connectivity index (χ1) is 18.5. The Morgan fingerprint density at radius 3 is 2.00 bits per heavy atom. The van der Waals surface area contributed by atoms with E-state index < -0.39 is 47.5 Å². The van der Waals surface area contributed by atoms with Gasteiger partial charge >= 0.3 is 18.9 Å². The molecule has 216 valence electrons. The van der Waals surface area contributed by atoms with Gasteiger partial charge in [-0.15, -0.1) is 26.3 Å². The van der Waals surface area contributed by atoms with Crippen molar-refractivity contribution in [3.63, 3.8) is 0 Å². The van der Waals surface area contributed by atoms with Crippen LogP contribution in [0.1, 0.15) is 29.2 Å². The molecule has 1 aliphatic heterocycles. The standard InChI is InChI=1S/C27H22F9NO3/c1-16(38)14-37-15-24(18-5-3-7-21(11-18)40-27(34,35)36,22-9-8-19(12-23(22)37)25(28,29)30)13-17-4-2-6-20(10-17)39-26(31,32)33/h2-12,16,38H,13-15H2,1H3/t16-,24?/m0/s1. The summed E-state index contributed by atoms with van der Waals surface area (Å²) in [4.78, 5) is 1.47. The molecule has 4 rings (SSSR count). The number of halogens is 9. The van der Waals surface area contributed by atoms with E-state index in [0.29, 0.717) is 0 Å². The van der Waals surface area contributed by atoms with E-state index in [0.717, 1.165) is 36.4 Å². The highest BCUT2D eigenvalue weighted by atomic mass is 19.4. The van der Waals surface area contributed by atoms with Crippen molar-refractivity contribution in [3.05, 3.63) is 89.0 Å². The Morgan fingerprint density at radius 1 is 0.825 bits per heavy atom. The van der Waals surface area contributed by atoms with Crippen LogP contribution in [-0.2, 0) is 18.0 Å². The lowest BCUT2D eigenvalue weighted by molar-refractivity contribution is -0.275. The number of ether oxygens (including phenoxy) is 2. The average Bonchev–Trinajstić information content (AvgIpc) is 3.09. The van der Waals surface area contributed by atoms with Crippen molar-refractivity contribution < 1.29 is 54.1 Å². The summed E-state index contributed by atoms with van der Waals surface area (Å²) in [5.41, 5.74) is -1.48. The van der Waals surface area contributed by atoms with Gasteiger partial charge in [0.25, 0.3) is 0 Å². The molecule has 3 aromatic carbocycles. The first-order valence-corrected chi connectivity index (χ1v) is 11.8. The van der Waals surface area contributed by atoms with Crippen molar-refractivity contribution in [2.24, 2.45) is 0 Å². The molecular formula is C27H22F9NO3. The van der Waals surface area contributed by atoms with Gasteiger partial charge in [-0.25, -0.2) is 0 Å². The highest BCUT2D eigenvalue weighted by Crippen LogP contribution is 2.50. The molecule has 0 aliphatic carbocycles. The number of aliphatic hydroxyl groups excluding tert-OH is 1. The van der Waals surface area contributed by atoms with Crippen LogP contribution in [0.25, 0.3) is 0 Å². The highest BCUT2D eigenvalue weighted by molar-refractivity contribution is 5.68. The first kappa shape index (κ1) is 29.4. The predicted molar refractivity (Wildman–Crippen MR) is 126 cm³/mol. The number of aliphatic hydroxyl groups is 1. The number of hydrogen-bond donors (Lipinski definition) is 1. The third-order valence-corrected chi connectivity index (χ3v) is 6.38. The monoisotopic (exact) mass is 579 g/mol. The number of hydrogen-bond acceptors (Lipinski definition) is 4. The Kier molecular flexibility index (Phi) is 7.65. The predicted octanol–water partition coefficient (Wildman–Crippen LogP) is 7.23. The zero-order valence-corrected chi connectivity index (χ0v) is 20.7. The summed E-state index contributed by atoms with van der Waals surface area (Å²) >= 11 is 0. The summed E-state index contributed by atoms with van der Waals surface area (Å²) in [6, 6.07) is 12.8. The summed E-state index contributed by atoms with van der Waals surface area (Å²) in [5.74, 6) is -1.12. The lowest BCUT2D eigenvalue weighted by Gasteiger charge is -2.33. The molecule has 1 heterocycles. The van der Waals surface area contributed by atoms with Crippen molar-refractivity contribution in [2.75, 3.05) is 18.0 Å². The van der Waals surface area contributed by atoms with E-state index in [9.17, 15) is 44.6 Å². The van der Waals surface area contributed by atoms with Crippen molar-refractivity contribution in [1.29, 1.82) is 0 Å². The lowest BCUT2D eigenvalue weighted by atomic mass is 9.71. The summed E-state index contributed by atoms with van der Waals surface area (Å²) in [6.07, 6.45) is -15.8. The van der Waals surface area contributed by atoms with Crippen LogP contribution < -0.4 is 14.4 Å². The zero-order valence-electron chi connectivity index (χ0n) is 20.7. The third-order valence-electron chi connectivity index (χ3n) is 6.38. The fraction of sp³-hybridized carbons (Fsp3) is 0.333. The second-order valence-corrected chi connectivity index (χ2v) is 9.49. The van der Waals surface area contributed by atoms with Crippen molar-refractivity contribution >= 4 is 5.69 Å². The van der Waals surface area contributed by atoms with Crippen molar-refractivity contribution in [3.8, 4) is 11.5 Å². The molecule has 3 aromatic rings. The molecule has 0 amide bonds. The minimum Gasteiger partial charge on any atom is -0.406 e. The van der Waals surface area contributed by atoms with Gasteiger partial charge in [0.1, 0.15) is 11.5 Å². The fourth-order valence-electron chi connectivity index (χ4n) is 5.04. The van der Waals surface area contributed by atoms with E-state index in [4.69, 9.17) is 0 Å². The molecule has 1 aliphatic rings. The maximum atomic E-state index is 13.6. The van der Waals surface area contributed by atoms with E-state index >= 15 is 0 Å². The molecule has 0 saturated carbocycles. The quantitative estimate of drug-likeness (QED) is 0.300. The van der Waals surface area contributed by atoms with E-state index in [-0.39, 0.29) is 41.9 Å². The maximum absolute atomic E-state index is 13.6. The van der Waals surface area contributed by atoms with Gasteiger partial charge in [0.15, 0.2) is 0 Å². The van der Waals surface area contributed by atoms with Crippen LogP contribution in [0.5, 0.6) is 11.5 Å². The Labute approximate surface area is 222 Å². The van der Waals surface area contributed by atoms with Gasteiger partial charge < -0.3 is 19.5 Å². The molecule has 2 atom stereocenters. The van der Waals surface area contributed by atoms with Gasteiger partial charge in [0.2, 0.25) is 0 Å². The normalized spacial score (nSPS) is 18.4. The van der Waals surface area contributed by atoms with Gasteiger partial charge in [-0.3, -0.25) is 0 Å². The molecule has 0 fully saturated rings. The number of benzene rings is 3. The molecule has 13 heteroatoms. The molecule has 0 spiro atoms. The SMILES string of the molecule is C[C@H](O)CN1CC(Cc2cccc(OC(F)(F)F)c2)(c2cccc(OC(F)(F)F)c2)c2ccc(C(F)(F)F)cc21. The van der Waals surface area contributed by atoms with E-state index in [1.807, 2.05) is 0 Å². The maximum Gasteiger partial charge on any atom is 0.573 e. The molecule has 0 radical (unpaired) electrons. The Morgan fingerprint density at radius 2 is 1.43 bits per heavy atom. The summed E-state index contributed by atoms with van der Waals surface area (Å²) in [5, 5.41) is 10.1. The van der Waals surface area contributed by atoms with Crippen LogP contribution in [0.4, 0.5) is 45.2 Å². The van der Waals surface area contributed by atoms with E-state index in [2.05, 4.69) is 9.47 Å². The fourth-order valence-corrected chi connectivity index (χ4v) is 5.04. The Bertz CT molecular complexity index is 1350. The summed E-state index contributed by atoms with van der Waals surface area (Å²) < 4.78 is 126. The largest absolute Gasteiger partial charge is 0.573 e. The second kappa shape index (κ2) is 10.4. The number of fused-ring (bicyclic) bond motifs is 1. The smallest absolute Gasteiger partial charge is 0.406 e. The third kappa shape index (κ3) is 6.75. The summed E-state index contributed by atoms with van der Waals surface area (Å²) in [6.45, 7) is 1.20. The van der Waals surface area contributed by atoms with Crippen molar-refractivity contribution in [2.45, 2.75) is 43.8 Å². The molecule has 0 bridgehead atoms. The Balaban J connectivity index is 1.91.